The van der Waals surface area contributed by atoms with Gasteiger partial charge in [0, 0.05) is 23.9 Å². The number of aryl methyl sites for hydroxylation is 1. The van der Waals surface area contributed by atoms with Crippen LogP contribution in [0.5, 0.6) is 17.2 Å². The molecule has 0 saturated carbocycles. The Labute approximate surface area is 158 Å². The second kappa shape index (κ2) is 7.62. The fourth-order valence-corrected chi connectivity index (χ4v) is 3.27. The van der Waals surface area contributed by atoms with Crippen molar-refractivity contribution < 1.29 is 23.7 Å². The van der Waals surface area contributed by atoms with Crippen LogP contribution < -0.4 is 19.8 Å². The molecule has 1 aromatic carbocycles. The minimum Gasteiger partial charge on any atom is -0.496 e. The van der Waals surface area contributed by atoms with Crippen molar-refractivity contribution in [3.63, 3.8) is 0 Å². The minimum atomic E-state index is -0.622. The van der Waals surface area contributed by atoms with E-state index >= 15 is 0 Å². The Morgan fingerprint density at radius 1 is 1.07 bits per heavy atom. The molecular weight excluding hydrogens is 374 g/mol. The number of hydrogen-bond acceptors (Lipinski definition) is 9. The minimum absolute atomic E-state index is 0.108. The Morgan fingerprint density at radius 3 is 2.41 bits per heavy atom. The maximum absolute atomic E-state index is 12.5. The average molecular weight is 391 g/mol. The number of esters is 1. The molecule has 0 atom stereocenters. The van der Waals surface area contributed by atoms with Crippen LogP contribution in [0.1, 0.15) is 21.1 Å². The van der Waals surface area contributed by atoms with Gasteiger partial charge in [-0.3, -0.25) is 4.79 Å². The maximum Gasteiger partial charge on any atom is 0.342 e. The zero-order valence-electron chi connectivity index (χ0n) is 15.1. The number of carbonyl (C=O) groups is 1. The molecule has 3 aromatic rings. The van der Waals surface area contributed by atoms with Crippen LogP contribution in [0.25, 0.3) is 4.96 Å². The van der Waals surface area contributed by atoms with Crippen molar-refractivity contribution in [3.8, 4) is 17.2 Å². The fraction of sp³-hybridized carbons (Fsp3) is 0.294. The van der Waals surface area contributed by atoms with Crippen molar-refractivity contribution in [1.82, 2.24) is 14.6 Å². The van der Waals surface area contributed by atoms with Gasteiger partial charge in [-0.25, -0.2) is 9.78 Å². The molecule has 0 spiro atoms. The van der Waals surface area contributed by atoms with Crippen LogP contribution in [0.4, 0.5) is 0 Å². The van der Waals surface area contributed by atoms with E-state index in [9.17, 15) is 9.59 Å². The molecule has 10 heteroatoms. The van der Waals surface area contributed by atoms with Gasteiger partial charge in [0.25, 0.3) is 5.56 Å². The van der Waals surface area contributed by atoms with Crippen molar-refractivity contribution in [2.24, 2.45) is 0 Å². The lowest BCUT2D eigenvalue weighted by Crippen LogP contribution is -2.14. The molecule has 0 fully saturated rings. The van der Waals surface area contributed by atoms with E-state index in [0.29, 0.717) is 27.2 Å². The van der Waals surface area contributed by atoms with Gasteiger partial charge in [-0.1, -0.05) is 11.3 Å². The van der Waals surface area contributed by atoms with Gasteiger partial charge in [0.05, 0.1) is 21.3 Å². The zero-order valence-corrected chi connectivity index (χ0v) is 16.0. The van der Waals surface area contributed by atoms with E-state index in [1.54, 1.807) is 13.0 Å². The van der Waals surface area contributed by atoms with E-state index in [0.717, 1.165) is 0 Å². The standard InChI is InChI=1S/C17H17N3O6S/c1-9-5-15(21)20-17(18-9)27-14(19-20)8-26-16(22)10-6-12(24-3)13(25-4)7-11(10)23-2/h5-7H,8H2,1-4H3. The van der Waals surface area contributed by atoms with E-state index in [2.05, 4.69) is 10.1 Å². The predicted molar refractivity (Wildman–Crippen MR) is 97.1 cm³/mol. The summed E-state index contributed by atoms with van der Waals surface area (Å²) >= 11 is 1.17. The SMILES string of the molecule is COc1cc(OC)c(C(=O)OCc2nn3c(=O)cc(C)nc3s2)cc1OC. The van der Waals surface area contributed by atoms with E-state index < -0.39 is 5.97 Å². The number of aromatic nitrogens is 3. The van der Waals surface area contributed by atoms with Gasteiger partial charge in [0.2, 0.25) is 4.96 Å². The molecule has 0 amide bonds. The number of rotatable bonds is 6. The maximum atomic E-state index is 12.5. The molecule has 0 radical (unpaired) electrons. The van der Waals surface area contributed by atoms with Crippen LogP contribution in [-0.4, -0.2) is 41.9 Å². The third kappa shape index (κ3) is 3.70. The molecule has 0 aliphatic heterocycles. The number of fused-ring (bicyclic) bond motifs is 1. The number of hydrogen-bond donors (Lipinski definition) is 0. The summed E-state index contributed by atoms with van der Waals surface area (Å²) in [6.45, 7) is 1.62. The first-order valence-corrected chi connectivity index (χ1v) is 8.62. The Hall–Kier alpha value is -3.14. The summed E-state index contributed by atoms with van der Waals surface area (Å²) in [7, 11) is 4.39. The first-order valence-electron chi connectivity index (χ1n) is 7.80. The molecule has 3 rings (SSSR count). The Kier molecular flexibility index (Phi) is 5.26. The molecule has 2 aromatic heterocycles. The Morgan fingerprint density at radius 2 is 1.74 bits per heavy atom. The quantitative estimate of drug-likeness (QED) is 0.587. The molecule has 0 unspecified atom stereocenters. The number of carbonyl (C=O) groups excluding carboxylic acids is 1. The molecule has 0 aliphatic carbocycles. The van der Waals surface area contributed by atoms with E-state index in [4.69, 9.17) is 18.9 Å². The van der Waals surface area contributed by atoms with Crippen molar-refractivity contribution in [2.45, 2.75) is 13.5 Å². The topological polar surface area (TPSA) is 101 Å². The predicted octanol–water partition coefficient (Wildman–Crippen LogP) is 1.84. The van der Waals surface area contributed by atoms with Gasteiger partial charge in [-0.2, -0.15) is 9.61 Å². The first-order chi connectivity index (χ1) is 13.0. The second-order valence-electron chi connectivity index (χ2n) is 5.41. The van der Waals surface area contributed by atoms with E-state index in [1.807, 2.05) is 0 Å². The summed E-state index contributed by atoms with van der Waals surface area (Å²) in [4.78, 5) is 29.1. The Bertz CT molecular complexity index is 1060. The highest BCUT2D eigenvalue weighted by Crippen LogP contribution is 2.35. The molecule has 142 valence electrons. The largest absolute Gasteiger partial charge is 0.496 e. The van der Waals surface area contributed by atoms with Gasteiger partial charge in [0.15, 0.2) is 16.5 Å². The van der Waals surface area contributed by atoms with E-state index in [-0.39, 0.29) is 23.5 Å². The average Bonchev–Trinajstić information content (AvgIpc) is 3.08. The monoisotopic (exact) mass is 391 g/mol. The molecular formula is C17H17N3O6S. The summed E-state index contributed by atoms with van der Waals surface area (Å²) in [5.74, 6) is 0.466. The van der Waals surface area contributed by atoms with Gasteiger partial charge in [-0.05, 0) is 6.92 Å². The summed E-state index contributed by atoms with van der Waals surface area (Å²) in [6, 6.07) is 4.41. The van der Waals surface area contributed by atoms with Crippen molar-refractivity contribution in [1.29, 1.82) is 0 Å². The normalized spacial score (nSPS) is 10.7. The molecule has 9 nitrogen and oxygen atoms in total. The molecule has 0 saturated heterocycles. The summed E-state index contributed by atoms with van der Waals surface area (Å²) in [5.41, 5.74) is 0.498. The first kappa shape index (κ1) is 18.6. The lowest BCUT2D eigenvalue weighted by molar-refractivity contribution is 0.0467. The van der Waals surface area contributed by atoms with Crippen LogP contribution >= 0.6 is 11.3 Å². The summed E-state index contributed by atoms with van der Waals surface area (Å²) < 4.78 is 22.1. The highest BCUT2D eigenvalue weighted by molar-refractivity contribution is 7.16. The van der Waals surface area contributed by atoms with Gasteiger partial charge in [0.1, 0.15) is 17.9 Å². The summed E-state index contributed by atoms with van der Waals surface area (Å²) in [5, 5.41) is 4.57. The van der Waals surface area contributed by atoms with Crippen molar-refractivity contribution >= 4 is 22.3 Å². The lowest BCUT2D eigenvalue weighted by Gasteiger charge is -2.13. The highest BCUT2D eigenvalue weighted by atomic mass is 32.1. The lowest BCUT2D eigenvalue weighted by atomic mass is 10.1. The number of benzene rings is 1. The molecule has 0 bridgehead atoms. The van der Waals surface area contributed by atoms with E-state index in [1.165, 1.54) is 49.3 Å². The van der Waals surface area contributed by atoms with Gasteiger partial charge >= 0.3 is 5.97 Å². The van der Waals surface area contributed by atoms with Crippen LogP contribution in [0.2, 0.25) is 0 Å². The molecule has 0 N–H and O–H groups in total. The molecule has 27 heavy (non-hydrogen) atoms. The molecule has 0 aliphatic rings. The second-order valence-corrected chi connectivity index (χ2v) is 6.45. The third-order valence-corrected chi connectivity index (χ3v) is 4.55. The van der Waals surface area contributed by atoms with Gasteiger partial charge in [-0.15, -0.1) is 0 Å². The third-order valence-electron chi connectivity index (χ3n) is 3.67. The van der Waals surface area contributed by atoms with Crippen molar-refractivity contribution in [3.05, 3.63) is 44.8 Å². The smallest absolute Gasteiger partial charge is 0.342 e. The van der Waals surface area contributed by atoms with Crippen LogP contribution in [0.3, 0.4) is 0 Å². The van der Waals surface area contributed by atoms with Gasteiger partial charge < -0.3 is 18.9 Å². The van der Waals surface area contributed by atoms with Crippen molar-refractivity contribution in [2.75, 3.05) is 21.3 Å². The number of ether oxygens (including phenoxy) is 4. The zero-order chi connectivity index (χ0) is 19.6. The Balaban J connectivity index is 1.83. The van der Waals surface area contributed by atoms with Crippen LogP contribution in [0, 0.1) is 6.92 Å². The number of methoxy groups -OCH3 is 3. The van der Waals surface area contributed by atoms with Crippen LogP contribution in [0.15, 0.2) is 23.0 Å². The fourth-order valence-electron chi connectivity index (χ4n) is 2.41. The summed E-state index contributed by atoms with van der Waals surface area (Å²) in [6.07, 6.45) is 0. The molecule has 2 heterocycles. The van der Waals surface area contributed by atoms with Crippen LogP contribution in [-0.2, 0) is 11.3 Å². The highest BCUT2D eigenvalue weighted by Gasteiger charge is 2.20. The number of nitrogens with zero attached hydrogens (tertiary/aromatic N) is 3.